The van der Waals surface area contributed by atoms with E-state index in [-0.39, 0.29) is 11.5 Å². The van der Waals surface area contributed by atoms with E-state index in [9.17, 15) is 9.59 Å². The number of hydrogen-bond acceptors (Lipinski definition) is 5. The molecule has 0 aliphatic carbocycles. The number of ether oxygens (including phenoxy) is 1. The van der Waals surface area contributed by atoms with Crippen LogP contribution in [0.5, 0.6) is 5.75 Å². The van der Waals surface area contributed by atoms with Gasteiger partial charge < -0.3 is 15.8 Å². The first-order valence-electron chi connectivity index (χ1n) is 9.36. The van der Waals surface area contributed by atoms with Gasteiger partial charge in [0.05, 0.1) is 29.9 Å². The van der Waals surface area contributed by atoms with E-state index < -0.39 is 5.91 Å². The predicted molar refractivity (Wildman–Crippen MR) is 122 cm³/mol. The molecule has 2 heterocycles. The number of fused-ring (bicyclic) bond motifs is 1. The molecule has 0 saturated heterocycles. The molecule has 2 amide bonds. The highest BCUT2D eigenvalue weighted by molar-refractivity contribution is 7.20. The van der Waals surface area contributed by atoms with E-state index >= 15 is 0 Å². The zero-order chi connectivity index (χ0) is 22.1. The molecule has 158 valence electrons. The van der Waals surface area contributed by atoms with Crippen molar-refractivity contribution in [3.63, 3.8) is 0 Å². The number of hydrogen-bond donors (Lipinski definition) is 2. The van der Waals surface area contributed by atoms with Crippen LogP contribution in [0.4, 0.5) is 5.69 Å². The van der Waals surface area contributed by atoms with Crippen LogP contribution in [-0.2, 0) is 6.54 Å². The van der Waals surface area contributed by atoms with Gasteiger partial charge in [-0.2, -0.15) is 5.10 Å². The largest absolute Gasteiger partial charge is 0.495 e. The van der Waals surface area contributed by atoms with Crippen molar-refractivity contribution in [1.29, 1.82) is 0 Å². The van der Waals surface area contributed by atoms with Gasteiger partial charge in [-0.3, -0.25) is 14.3 Å². The van der Waals surface area contributed by atoms with Crippen molar-refractivity contribution in [2.24, 2.45) is 5.73 Å². The third-order valence-electron chi connectivity index (χ3n) is 4.81. The maximum Gasteiger partial charge on any atom is 0.265 e. The van der Waals surface area contributed by atoms with E-state index in [1.165, 1.54) is 24.5 Å². The molecule has 7 nitrogen and oxygen atoms in total. The lowest BCUT2D eigenvalue weighted by Crippen LogP contribution is -2.14. The molecule has 0 aliphatic rings. The number of carbonyl (C=O) groups is 2. The summed E-state index contributed by atoms with van der Waals surface area (Å²) >= 11 is 7.32. The van der Waals surface area contributed by atoms with Crippen LogP contribution in [0.1, 0.15) is 31.3 Å². The topological polar surface area (TPSA) is 99.2 Å². The molecule has 31 heavy (non-hydrogen) atoms. The number of rotatable bonds is 6. The Labute approximate surface area is 187 Å². The summed E-state index contributed by atoms with van der Waals surface area (Å²) in [5.74, 6) is -0.457. The van der Waals surface area contributed by atoms with Gasteiger partial charge in [0.2, 0.25) is 5.91 Å². The van der Waals surface area contributed by atoms with Crippen LogP contribution in [0.2, 0.25) is 5.02 Å². The van der Waals surface area contributed by atoms with Crippen molar-refractivity contribution in [1.82, 2.24) is 9.78 Å². The Bertz CT molecular complexity index is 1290. The summed E-state index contributed by atoms with van der Waals surface area (Å²) in [6.45, 7) is 2.48. The second-order valence-corrected chi connectivity index (χ2v) is 8.40. The predicted octanol–water partition coefficient (Wildman–Crippen LogP) is 4.47. The Morgan fingerprint density at radius 1 is 1.19 bits per heavy atom. The van der Waals surface area contributed by atoms with Crippen LogP contribution < -0.4 is 15.8 Å². The minimum absolute atomic E-state index is 0.280. The van der Waals surface area contributed by atoms with Gasteiger partial charge in [0, 0.05) is 16.0 Å². The van der Waals surface area contributed by atoms with E-state index in [0.717, 1.165) is 21.5 Å². The molecule has 0 fully saturated rings. The lowest BCUT2D eigenvalue weighted by Gasteiger charge is -2.10. The van der Waals surface area contributed by atoms with E-state index in [1.807, 2.05) is 41.9 Å². The summed E-state index contributed by atoms with van der Waals surface area (Å²) in [5, 5.41) is 9.01. The van der Waals surface area contributed by atoms with E-state index in [4.69, 9.17) is 22.1 Å². The number of nitrogens with two attached hydrogens (primary N) is 1. The number of methoxy groups -OCH3 is 1. The molecule has 0 saturated carbocycles. The molecule has 4 rings (SSSR count). The summed E-state index contributed by atoms with van der Waals surface area (Å²) in [4.78, 5) is 25.8. The Morgan fingerprint density at radius 3 is 2.61 bits per heavy atom. The van der Waals surface area contributed by atoms with Crippen molar-refractivity contribution >= 4 is 50.7 Å². The smallest absolute Gasteiger partial charge is 0.265 e. The van der Waals surface area contributed by atoms with E-state index in [0.29, 0.717) is 27.9 Å². The number of halogens is 1. The first-order valence-corrected chi connectivity index (χ1v) is 10.6. The number of primary amides is 1. The molecule has 0 spiro atoms. The molecule has 0 bridgehead atoms. The highest BCUT2D eigenvalue weighted by Crippen LogP contribution is 2.31. The number of anilines is 1. The average molecular weight is 455 g/mol. The normalized spacial score (nSPS) is 10.9. The molecule has 4 aromatic rings. The van der Waals surface area contributed by atoms with Gasteiger partial charge in [-0.05, 0) is 48.9 Å². The number of nitrogens with one attached hydrogen (secondary N) is 1. The van der Waals surface area contributed by atoms with Crippen LogP contribution in [-0.4, -0.2) is 28.7 Å². The number of nitrogens with zero attached hydrogens (tertiary/aromatic N) is 2. The molecule has 0 unspecified atom stereocenters. The number of amides is 2. The molecule has 2 aromatic carbocycles. The van der Waals surface area contributed by atoms with Crippen LogP contribution >= 0.6 is 22.9 Å². The standard InChI is InChI=1S/C22H19ClN4O3S/c1-12-16-10-19(21(29)25-17-9-14(20(24)28)5-8-18(17)30-2)31-22(16)27(26-12)11-13-3-6-15(23)7-4-13/h3-10H,11H2,1-2H3,(H2,24,28)(H,25,29). The van der Waals surface area contributed by atoms with Gasteiger partial charge in [0.25, 0.3) is 5.91 Å². The molecular formula is C22H19ClN4O3S. The lowest BCUT2D eigenvalue weighted by atomic mass is 10.1. The number of benzene rings is 2. The SMILES string of the molecule is COc1ccc(C(N)=O)cc1NC(=O)c1cc2c(C)nn(Cc3ccc(Cl)cc3)c2s1. The third-order valence-corrected chi connectivity index (χ3v) is 6.21. The minimum Gasteiger partial charge on any atom is -0.495 e. The summed E-state index contributed by atoms with van der Waals surface area (Å²) in [5.41, 5.74) is 7.90. The van der Waals surface area contributed by atoms with E-state index in [2.05, 4.69) is 10.4 Å². The first-order chi connectivity index (χ1) is 14.9. The molecule has 0 radical (unpaired) electrons. The Morgan fingerprint density at radius 2 is 1.94 bits per heavy atom. The molecule has 2 aromatic heterocycles. The van der Waals surface area contributed by atoms with Crippen molar-refractivity contribution in [2.75, 3.05) is 12.4 Å². The summed E-state index contributed by atoms with van der Waals surface area (Å²) in [6.07, 6.45) is 0. The van der Waals surface area contributed by atoms with Crippen molar-refractivity contribution < 1.29 is 14.3 Å². The van der Waals surface area contributed by atoms with Gasteiger partial charge in [0.1, 0.15) is 10.6 Å². The van der Waals surface area contributed by atoms with Crippen molar-refractivity contribution in [3.8, 4) is 5.75 Å². The number of aryl methyl sites for hydroxylation is 1. The van der Waals surface area contributed by atoms with Crippen LogP contribution in [0.15, 0.2) is 48.5 Å². The molecule has 3 N–H and O–H groups in total. The molecular weight excluding hydrogens is 436 g/mol. The number of carbonyl (C=O) groups excluding carboxylic acids is 2. The van der Waals surface area contributed by atoms with Gasteiger partial charge >= 0.3 is 0 Å². The summed E-state index contributed by atoms with van der Waals surface area (Å²) in [6, 6.07) is 14.0. The Hall–Kier alpha value is -3.36. The summed E-state index contributed by atoms with van der Waals surface area (Å²) < 4.78 is 7.17. The van der Waals surface area contributed by atoms with Crippen LogP contribution in [0, 0.1) is 6.92 Å². The molecule has 0 atom stereocenters. The second-order valence-electron chi connectivity index (χ2n) is 6.93. The van der Waals surface area contributed by atoms with Crippen LogP contribution in [0.25, 0.3) is 10.2 Å². The lowest BCUT2D eigenvalue weighted by molar-refractivity contribution is 0.0996. The Balaban J connectivity index is 1.63. The Kier molecular flexibility index (Phi) is 5.67. The maximum absolute atomic E-state index is 12.9. The van der Waals surface area contributed by atoms with Gasteiger partial charge in [-0.25, -0.2) is 0 Å². The maximum atomic E-state index is 12.9. The quantitative estimate of drug-likeness (QED) is 0.449. The van der Waals surface area contributed by atoms with Crippen molar-refractivity contribution in [3.05, 3.63) is 75.3 Å². The van der Waals surface area contributed by atoms with Crippen molar-refractivity contribution in [2.45, 2.75) is 13.5 Å². The number of thiophene rings is 1. The van der Waals surface area contributed by atoms with Crippen LogP contribution in [0.3, 0.4) is 0 Å². The second kappa shape index (κ2) is 8.41. The monoisotopic (exact) mass is 454 g/mol. The third kappa shape index (κ3) is 4.26. The molecule has 0 aliphatic heterocycles. The number of aromatic nitrogens is 2. The summed E-state index contributed by atoms with van der Waals surface area (Å²) in [7, 11) is 1.49. The van der Waals surface area contributed by atoms with Gasteiger partial charge in [-0.1, -0.05) is 23.7 Å². The fourth-order valence-corrected chi connectivity index (χ4v) is 4.42. The highest BCUT2D eigenvalue weighted by Gasteiger charge is 2.18. The fraction of sp³-hybridized carbons (Fsp3) is 0.136. The van der Waals surface area contributed by atoms with Gasteiger partial charge in [0.15, 0.2) is 0 Å². The zero-order valence-electron chi connectivity index (χ0n) is 16.8. The molecule has 9 heteroatoms. The van der Waals surface area contributed by atoms with Gasteiger partial charge in [-0.15, -0.1) is 11.3 Å². The average Bonchev–Trinajstić information content (AvgIpc) is 3.31. The minimum atomic E-state index is -0.585. The first kappa shape index (κ1) is 20.9. The van der Waals surface area contributed by atoms with E-state index in [1.54, 1.807) is 12.1 Å². The zero-order valence-corrected chi connectivity index (χ0v) is 18.4. The highest BCUT2D eigenvalue weighted by atomic mass is 35.5. The fourth-order valence-electron chi connectivity index (χ4n) is 3.24.